The summed E-state index contributed by atoms with van der Waals surface area (Å²) in [7, 11) is 0. The van der Waals surface area contributed by atoms with Crippen LogP contribution >= 0.6 is 0 Å². The summed E-state index contributed by atoms with van der Waals surface area (Å²) in [4.78, 5) is 26.8. The lowest BCUT2D eigenvalue weighted by molar-refractivity contribution is -0.149. The minimum absolute atomic E-state index is 0.179. The highest BCUT2D eigenvalue weighted by atomic mass is 16.7. The molecule has 3 rings (SSSR count). The van der Waals surface area contributed by atoms with E-state index >= 15 is 0 Å². The van der Waals surface area contributed by atoms with Crippen molar-refractivity contribution in [2.75, 3.05) is 19.8 Å². The maximum absolute atomic E-state index is 13.2. The highest BCUT2D eigenvalue weighted by Crippen LogP contribution is 2.28. The van der Waals surface area contributed by atoms with Crippen LogP contribution in [0.1, 0.15) is 38.2 Å². The van der Waals surface area contributed by atoms with Crippen LogP contribution in [0.25, 0.3) is 0 Å². The fourth-order valence-electron chi connectivity index (χ4n) is 3.88. The number of carbonyl (C=O) groups is 2. The summed E-state index contributed by atoms with van der Waals surface area (Å²) < 4.78 is 16.5. The number of hydrogen-bond donors (Lipinski definition) is 0. The second kappa shape index (κ2) is 9.34. The fraction of sp³-hybridized carbons (Fsp3) is 0.545. The average Bonchev–Trinajstić information content (AvgIpc) is 3.27. The zero-order valence-corrected chi connectivity index (χ0v) is 16.5. The summed E-state index contributed by atoms with van der Waals surface area (Å²) in [6.45, 7) is 7.15. The van der Waals surface area contributed by atoms with Gasteiger partial charge in [-0.1, -0.05) is 36.4 Å². The van der Waals surface area contributed by atoms with Crippen LogP contribution in [0.3, 0.4) is 0 Å². The number of hydrogen-bond acceptors (Lipinski definition) is 5. The molecule has 2 heterocycles. The number of rotatable bonds is 9. The minimum atomic E-state index is -0.565. The summed E-state index contributed by atoms with van der Waals surface area (Å²) in [6, 6.07) is 9.57. The molecule has 0 saturated carbocycles. The largest absolute Gasteiger partial charge is 0.447 e. The van der Waals surface area contributed by atoms with Crippen molar-refractivity contribution in [3.63, 3.8) is 0 Å². The molecule has 0 aliphatic carbocycles. The number of nitrogens with zero attached hydrogens (tertiary/aromatic N) is 1. The number of amides is 2. The van der Waals surface area contributed by atoms with Crippen LogP contribution < -0.4 is 0 Å². The zero-order chi connectivity index (χ0) is 20.0. The first kappa shape index (κ1) is 20.6. The van der Waals surface area contributed by atoms with E-state index in [1.165, 1.54) is 4.90 Å². The van der Waals surface area contributed by atoms with Gasteiger partial charge in [0.2, 0.25) is 5.91 Å². The van der Waals surface area contributed by atoms with Gasteiger partial charge in [0.15, 0.2) is 5.79 Å². The lowest BCUT2D eigenvalue weighted by Crippen LogP contribution is -2.43. The van der Waals surface area contributed by atoms with Gasteiger partial charge in [0.25, 0.3) is 0 Å². The Morgan fingerprint density at radius 1 is 1.32 bits per heavy atom. The van der Waals surface area contributed by atoms with E-state index in [-0.39, 0.29) is 24.5 Å². The first-order valence-corrected chi connectivity index (χ1v) is 9.95. The standard InChI is InChI=1S/C22H29NO5/c1-3-8-18(11-7-12-22(2)27-13-14-28-22)20(24)23-19(16-26-21(23)25)15-17-9-5-4-6-10-17/h3-6,9-10,18-19H,1,7-8,11-16H2,2H3/t18?,19-/m0/s1. The Labute approximate surface area is 166 Å². The fourth-order valence-corrected chi connectivity index (χ4v) is 3.88. The van der Waals surface area contributed by atoms with Crippen molar-refractivity contribution in [2.24, 2.45) is 5.92 Å². The van der Waals surface area contributed by atoms with Crippen molar-refractivity contribution in [3.8, 4) is 0 Å². The lowest BCUT2D eigenvalue weighted by Gasteiger charge is -2.26. The van der Waals surface area contributed by atoms with Crippen LogP contribution in [-0.4, -0.2) is 48.5 Å². The first-order chi connectivity index (χ1) is 13.5. The second-order valence-electron chi connectivity index (χ2n) is 7.57. The van der Waals surface area contributed by atoms with Gasteiger partial charge in [-0.15, -0.1) is 6.58 Å². The van der Waals surface area contributed by atoms with E-state index in [2.05, 4.69) is 6.58 Å². The van der Waals surface area contributed by atoms with E-state index < -0.39 is 11.9 Å². The molecule has 2 amide bonds. The maximum atomic E-state index is 13.2. The normalized spacial score (nSPS) is 22.1. The molecule has 2 aliphatic rings. The van der Waals surface area contributed by atoms with Crippen molar-refractivity contribution in [1.29, 1.82) is 0 Å². The van der Waals surface area contributed by atoms with Crippen LogP contribution in [0.4, 0.5) is 4.79 Å². The lowest BCUT2D eigenvalue weighted by atomic mass is 9.94. The molecule has 0 aromatic heterocycles. The molecule has 0 N–H and O–H groups in total. The van der Waals surface area contributed by atoms with E-state index in [0.717, 1.165) is 12.0 Å². The molecule has 1 aromatic carbocycles. The molecular formula is C22H29NO5. The smallest absolute Gasteiger partial charge is 0.416 e. The molecule has 152 valence electrons. The topological polar surface area (TPSA) is 65.1 Å². The van der Waals surface area contributed by atoms with E-state index in [1.54, 1.807) is 6.08 Å². The average molecular weight is 387 g/mol. The van der Waals surface area contributed by atoms with Crippen molar-refractivity contribution in [3.05, 3.63) is 48.6 Å². The maximum Gasteiger partial charge on any atom is 0.416 e. The summed E-state index contributed by atoms with van der Waals surface area (Å²) in [5.41, 5.74) is 1.08. The van der Waals surface area contributed by atoms with Gasteiger partial charge in [-0.25, -0.2) is 9.69 Å². The molecule has 28 heavy (non-hydrogen) atoms. The molecule has 1 unspecified atom stereocenters. The third kappa shape index (κ3) is 5.00. The number of cyclic esters (lactones) is 1. The molecule has 0 spiro atoms. The monoisotopic (exact) mass is 387 g/mol. The Kier molecular flexibility index (Phi) is 6.86. The number of imide groups is 1. The van der Waals surface area contributed by atoms with E-state index in [9.17, 15) is 9.59 Å². The van der Waals surface area contributed by atoms with Crippen molar-refractivity contribution in [2.45, 2.75) is 50.9 Å². The highest BCUT2D eigenvalue weighted by Gasteiger charge is 2.40. The molecule has 2 atom stereocenters. The molecular weight excluding hydrogens is 358 g/mol. The summed E-state index contributed by atoms with van der Waals surface area (Å²) in [5, 5.41) is 0. The molecule has 0 bridgehead atoms. The van der Waals surface area contributed by atoms with Crippen LogP contribution in [-0.2, 0) is 25.4 Å². The minimum Gasteiger partial charge on any atom is -0.447 e. The predicted octanol–water partition coefficient (Wildman–Crippen LogP) is 3.70. The summed E-state index contributed by atoms with van der Waals surface area (Å²) in [5.74, 6) is -1.04. The zero-order valence-electron chi connectivity index (χ0n) is 16.5. The van der Waals surface area contributed by atoms with Gasteiger partial charge in [0.1, 0.15) is 6.61 Å². The summed E-state index contributed by atoms with van der Waals surface area (Å²) in [6.07, 6.45) is 4.45. The second-order valence-corrected chi connectivity index (χ2v) is 7.57. The third-order valence-electron chi connectivity index (χ3n) is 5.39. The molecule has 6 nitrogen and oxygen atoms in total. The Bertz CT molecular complexity index is 683. The molecule has 1 aromatic rings. The van der Waals surface area contributed by atoms with Gasteiger partial charge in [0, 0.05) is 12.3 Å². The van der Waals surface area contributed by atoms with E-state index in [0.29, 0.717) is 38.9 Å². The quantitative estimate of drug-likeness (QED) is 0.605. The Balaban J connectivity index is 1.62. The van der Waals surface area contributed by atoms with E-state index in [1.807, 2.05) is 37.3 Å². The summed E-state index contributed by atoms with van der Waals surface area (Å²) >= 11 is 0. The van der Waals surface area contributed by atoms with Crippen LogP contribution in [0.15, 0.2) is 43.0 Å². The molecule has 6 heteroatoms. The Morgan fingerprint density at radius 3 is 2.71 bits per heavy atom. The Hall–Kier alpha value is -2.18. The van der Waals surface area contributed by atoms with Gasteiger partial charge in [0.05, 0.1) is 19.3 Å². The van der Waals surface area contributed by atoms with Gasteiger partial charge in [-0.05, 0) is 38.2 Å². The molecule has 0 radical (unpaired) electrons. The van der Waals surface area contributed by atoms with Gasteiger partial charge in [-0.2, -0.15) is 0 Å². The van der Waals surface area contributed by atoms with Gasteiger partial charge in [-0.3, -0.25) is 4.79 Å². The van der Waals surface area contributed by atoms with Crippen LogP contribution in [0.5, 0.6) is 0 Å². The third-order valence-corrected chi connectivity index (χ3v) is 5.39. The van der Waals surface area contributed by atoms with E-state index in [4.69, 9.17) is 14.2 Å². The van der Waals surface area contributed by atoms with Crippen LogP contribution in [0.2, 0.25) is 0 Å². The van der Waals surface area contributed by atoms with Crippen molar-refractivity contribution >= 4 is 12.0 Å². The number of allylic oxidation sites excluding steroid dienone is 1. The first-order valence-electron chi connectivity index (χ1n) is 9.95. The Morgan fingerprint density at radius 2 is 2.04 bits per heavy atom. The number of carbonyl (C=O) groups excluding carboxylic acids is 2. The molecule has 2 saturated heterocycles. The SMILES string of the molecule is C=CCC(CCCC1(C)OCCO1)C(=O)N1C(=O)OC[C@@H]1Cc1ccccc1. The van der Waals surface area contributed by atoms with Crippen molar-refractivity contribution in [1.82, 2.24) is 4.90 Å². The predicted molar refractivity (Wildman–Crippen MR) is 105 cm³/mol. The number of ether oxygens (including phenoxy) is 3. The molecule has 2 aliphatic heterocycles. The molecule has 2 fully saturated rings. The van der Waals surface area contributed by atoms with Gasteiger partial charge >= 0.3 is 6.09 Å². The van der Waals surface area contributed by atoms with Crippen LogP contribution in [0, 0.1) is 5.92 Å². The van der Waals surface area contributed by atoms with Crippen molar-refractivity contribution < 1.29 is 23.8 Å². The highest BCUT2D eigenvalue weighted by molar-refractivity contribution is 5.94. The number of benzene rings is 1. The van der Waals surface area contributed by atoms with Gasteiger partial charge < -0.3 is 14.2 Å².